The lowest BCUT2D eigenvalue weighted by molar-refractivity contribution is -0.0233. The molecule has 0 unspecified atom stereocenters. The number of amides is 1. The zero-order valence-electron chi connectivity index (χ0n) is 13.0. The van der Waals surface area contributed by atoms with E-state index < -0.39 is 5.60 Å². The number of hydrogen-bond acceptors (Lipinski definition) is 2. The molecule has 0 bridgehead atoms. The molecule has 1 aliphatic rings. The third kappa shape index (κ3) is 4.21. The molecule has 0 aromatic heterocycles. The van der Waals surface area contributed by atoms with Crippen molar-refractivity contribution in [2.45, 2.75) is 52.1 Å². The Morgan fingerprint density at radius 1 is 1.29 bits per heavy atom. The van der Waals surface area contributed by atoms with E-state index in [0.717, 1.165) is 31.2 Å². The van der Waals surface area contributed by atoms with E-state index >= 15 is 0 Å². The minimum Gasteiger partial charge on any atom is -0.388 e. The third-order valence-corrected chi connectivity index (χ3v) is 4.78. The molecule has 0 atom stereocenters. The van der Waals surface area contributed by atoms with Crippen LogP contribution in [0.4, 0.5) is 0 Å². The van der Waals surface area contributed by atoms with Crippen molar-refractivity contribution >= 4 is 17.5 Å². The van der Waals surface area contributed by atoms with Crippen molar-refractivity contribution in [3.8, 4) is 0 Å². The summed E-state index contributed by atoms with van der Waals surface area (Å²) in [6.45, 7) is 6.62. The SMILES string of the molecule is Cc1cc(Cl)ccc1C(=O)NCC1(O)CCC(C)(C)CC1. The molecular formula is C17H24ClNO2. The van der Waals surface area contributed by atoms with Crippen LogP contribution in [0.25, 0.3) is 0 Å². The highest BCUT2D eigenvalue weighted by atomic mass is 35.5. The normalized spacial score (nSPS) is 20.0. The van der Waals surface area contributed by atoms with E-state index in [9.17, 15) is 9.90 Å². The Hall–Kier alpha value is -1.06. The van der Waals surface area contributed by atoms with Gasteiger partial charge in [-0.1, -0.05) is 25.4 Å². The smallest absolute Gasteiger partial charge is 0.251 e. The minimum absolute atomic E-state index is 0.151. The first-order chi connectivity index (χ1) is 9.71. The largest absolute Gasteiger partial charge is 0.388 e. The van der Waals surface area contributed by atoms with Crippen LogP contribution in [0.5, 0.6) is 0 Å². The van der Waals surface area contributed by atoms with Gasteiger partial charge in [-0.2, -0.15) is 0 Å². The summed E-state index contributed by atoms with van der Waals surface area (Å²) in [5.41, 5.74) is 0.977. The van der Waals surface area contributed by atoms with Crippen LogP contribution in [0.1, 0.15) is 55.5 Å². The van der Waals surface area contributed by atoms with Crippen molar-refractivity contribution in [1.29, 1.82) is 0 Å². The van der Waals surface area contributed by atoms with Crippen LogP contribution in [0.2, 0.25) is 5.02 Å². The molecule has 2 N–H and O–H groups in total. The summed E-state index contributed by atoms with van der Waals surface area (Å²) in [5, 5.41) is 14.1. The summed E-state index contributed by atoms with van der Waals surface area (Å²) in [4.78, 5) is 12.2. The maximum Gasteiger partial charge on any atom is 0.251 e. The molecule has 1 aromatic carbocycles. The van der Waals surface area contributed by atoms with E-state index in [4.69, 9.17) is 11.6 Å². The summed E-state index contributed by atoms with van der Waals surface area (Å²) in [6, 6.07) is 5.21. The number of hydrogen-bond donors (Lipinski definition) is 2. The fourth-order valence-corrected chi connectivity index (χ4v) is 3.02. The monoisotopic (exact) mass is 309 g/mol. The van der Waals surface area contributed by atoms with Gasteiger partial charge in [0.05, 0.1) is 5.60 Å². The Morgan fingerprint density at radius 2 is 1.90 bits per heavy atom. The van der Waals surface area contributed by atoms with Gasteiger partial charge < -0.3 is 10.4 Å². The second kappa shape index (κ2) is 5.98. The minimum atomic E-state index is -0.772. The van der Waals surface area contributed by atoms with Crippen LogP contribution >= 0.6 is 11.6 Å². The summed E-state index contributed by atoms with van der Waals surface area (Å²) < 4.78 is 0. The highest BCUT2D eigenvalue weighted by Gasteiger charge is 2.36. The van der Waals surface area contributed by atoms with Crippen LogP contribution < -0.4 is 5.32 Å². The highest BCUT2D eigenvalue weighted by Crippen LogP contribution is 2.39. The number of aliphatic hydroxyl groups is 1. The van der Waals surface area contributed by atoms with Gasteiger partial charge in [-0.3, -0.25) is 4.79 Å². The van der Waals surface area contributed by atoms with Crippen LogP contribution in [0.15, 0.2) is 18.2 Å². The van der Waals surface area contributed by atoms with Crippen molar-refractivity contribution in [1.82, 2.24) is 5.32 Å². The summed E-state index contributed by atoms with van der Waals surface area (Å²) in [5.74, 6) is -0.151. The Kier molecular flexibility index (Phi) is 4.64. The van der Waals surface area contributed by atoms with Gasteiger partial charge in [0, 0.05) is 17.1 Å². The van der Waals surface area contributed by atoms with Gasteiger partial charge in [0.1, 0.15) is 0 Å². The first kappa shape index (κ1) is 16.3. The van der Waals surface area contributed by atoms with Crippen LogP contribution in [-0.4, -0.2) is 23.2 Å². The number of nitrogens with one attached hydrogen (secondary N) is 1. The molecule has 2 rings (SSSR count). The molecule has 0 radical (unpaired) electrons. The maximum absolute atomic E-state index is 12.2. The van der Waals surface area contributed by atoms with E-state index in [-0.39, 0.29) is 5.91 Å². The standard InChI is InChI=1S/C17H24ClNO2/c1-12-10-13(18)4-5-14(12)15(20)19-11-17(21)8-6-16(2,3)7-9-17/h4-5,10,21H,6-9,11H2,1-3H3,(H,19,20). The Labute approximate surface area is 131 Å². The molecule has 1 saturated carbocycles. The molecule has 0 aliphatic heterocycles. The summed E-state index contributed by atoms with van der Waals surface area (Å²) in [7, 11) is 0. The van der Waals surface area contributed by atoms with Gasteiger partial charge >= 0.3 is 0 Å². The van der Waals surface area contributed by atoms with Crippen LogP contribution in [0, 0.1) is 12.3 Å². The fraction of sp³-hybridized carbons (Fsp3) is 0.588. The van der Waals surface area contributed by atoms with E-state index in [0.29, 0.717) is 22.5 Å². The lowest BCUT2D eigenvalue weighted by atomic mass is 9.71. The molecule has 0 spiro atoms. The average Bonchev–Trinajstić information content (AvgIpc) is 2.40. The van der Waals surface area contributed by atoms with Gasteiger partial charge in [0.25, 0.3) is 5.91 Å². The second-order valence-corrected chi connectivity index (χ2v) is 7.47. The Morgan fingerprint density at radius 3 is 2.48 bits per heavy atom. The number of carbonyl (C=O) groups excluding carboxylic acids is 1. The van der Waals surface area contributed by atoms with E-state index in [1.807, 2.05) is 6.92 Å². The number of aryl methyl sites for hydroxylation is 1. The van der Waals surface area contributed by atoms with Crippen molar-refractivity contribution in [3.05, 3.63) is 34.3 Å². The van der Waals surface area contributed by atoms with Gasteiger partial charge in [-0.25, -0.2) is 0 Å². The van der Waals surface area contributed by atoms with E-state index in [1.54, 1.807) is 18.2 Å². The second-order valence-electron chi connectivity index (χ2n) is 7.03. The zero-order chi connectivity index (χ0) is 15.7. The van der Waals surface area contributed by atoms with Gasteiger partial charge in [-0.15, -0.1) is 0 Å². The van der Waals surface area contributed by atoms with Gasteiger partial charge in [0.2, 0.25) is 0 Å². The quantitative estimate of drug-likeness (QED) is 0.894. The highest BCUT2D eigenvalue weighted by molar-refractivity contribution is 6.30. The molecule has 116 valence electrons. The predicted octanol–water partition coefficient (Wildman–Crippen LogP) is 3.71. The number of halogens is 1. The fourth-order valence-electron chi connectivity index (χ4n) is 2.79. The molecule has 1 amide bonds. The van der Waals surface area contributed by atoms with Crippen molar-refractivity contribution in [2.75, 3.05) is 6.54 Å². The number of carbonyl (C=O) groups is 1. The molecule has 1 aliphatic carbocycles. The molecule has 4 heteroatoms. The molecule has 3 nitrogen and oxygen atoms in total. The van der Waals surface area contributed by atoms with E-state index in [1.165, 1.54) is 0 Å². The van der Waals surface area contributed by atoms with Gasteiger partial charge in [0.15, 0.2) is 0 Å². The van der Waals surface area contributed by atoms with E-state index in [2.05, 4.69) is 19.2 Å². The van der Waals surface area contributed by atoms with Crippen molar-refractivity contribution in [3.63, 3.8) is 0 Å². The maximum atomic E-state index is 12.2. The van der Waals surface area contributed by atoms with Crippen LogP contribution in [0.3, 0.4) is 0 Å². The first-order valence-corrected chi connectivity index (χ1v) is 7.85. The molecular weight excluding hydrogens is 286 g/mol. The molecule has 0 saturated heterocycles. The van der Waals surface area contributed by atoms with Crippen molar-refractivity contribution in [2.24, 2.45) is 5.41 Å². The zero-order valence-corrected chi connectivity index (χ0v) is 13.8. The Bertz CT molecular complexity index is 530. The number of benzene rings is 1. The van der Waals surface area contributed by atoms with Crippen molar-refractivity contribution < 1.29 is 9.90 Å². The summed E-state index contributed by atoms with van der Waals surface area (Å²) >= 11 is 5.90. The Balaban J connectivity index is 1.95. The third-order valence-electron chi connectivity index (χ3n) is 4.55. The molecule has 21 heavy (non-hydrogen) atoms. The van der Waals surface area contributed by atoms with Crippen LogP contribution in [-0.2, 0) is 0 Å². The summed E-state index contributed by atoms with van der Waals surface area (Å²) in [6.07, 6.45) is 3.44. The molecule has 0 heterocycles. The number of rotatable bonds is 3. The first-order valence-electron chi connectivity index (χ1n) is 7.48. The topological polar surface area (TPSA) is 49.3 Å². The lowest BCUT2D eigenvalue weighted by Crippen LogP contribution is -2.46. The average molecular weight is 310 g/mol. The molecule has 1 aromatic rings. The predicted molar refractivity (Wildman–Crippen MR) is 85.7 cm³/mol. The molecule has 1 fully saturated rings. The van der Waals surface area contributed by atoms with Gasteiger partial charge in [-0.05, 0) is 61.8 Å². The lowest BCUT2D eigenvalue weighted by Gasteiger charge is -2.40.